The quantitative estimate of drug-likeness (QED) is 0.394. The molecular formula is C20H12F3N3. The number of aromatic nitrogens is 3. The highest BCUT2D eigenvalue weighted by molar-refractivity contribution is 5.92. The second kappa shape index (κ2) is 5.11. The summed E-state index contributed by atoms with van der Waals surface area (Å²) in [6.07, 6.45) is -4.40. The van der Waals surface area contributed by atoms with Gasteiger partial charge in [-0.25, -0.2) is 4.98 Å². The highest BCUT2D eigenvalue weighted by Gasteiger charge is 2.31. The number of rotatable bonds is 1. The van der Waals surface area contributed by atoms with Gasteiger partial charge in [-0.15, -0.1) is 0 Å². The van der Waals surface area contributed by atoms with E-state index in [1.54, 1.807) is 4.57 Å². The molecule has 5 rings (SSSR count). The van der Waals surface area contributed by atoms with Crippen LogP contribution >= 0.6 is 0 Å². The molecule has 0 aliphatic rings. The van der Waals surface area contributed by atoms with Crippen molar-refractivity contribution in [1.29, 1.82) is 0 Å². The first-order valence-corrected chi connectivity index (χ1v) is 8.08. The Hall–Kier alpha value is -3.28. The number of hydrogen-bond donors (Lipinski definition) is 0. The lowest BCUT2D eigenvalue weighted by Crippen LogP contribution is -2.05. The van der Waals surface area contributed by atoms with Gasteiger partial charge >= 0.3 is 6.18 Å². The Bertz CT molecular complexity index is 1260. The van der Waals surface area contributed by atoms with Crippen LogP contribution in [0.15, 0.2) is 72.8 Å². The first-order chi connectivity index (χ1) is 12.5. The summed E-state index contributed by atoms with van der Waals surface area (Å²) in [6, 6.07) is 20.7. The molecule has 5 aromatic rings. The number of nitrogens with zero attached hydrogens (tertiary/aromatic N) is 3. The van der Waals surface area contributed by atoms with Crippen molar-refractivity contribution < 1.29 is 13.2 Å². The summed E-state index contributed by atoms with van der Waals surface area (Å²) in [5.74, 6) is 0.590. The van der Waals surface area contributed by atoms with Crippen molar-refractivity contribution in [2.45, 2.75) is 6.18 Å². The molecule has 0 aliphatic carbocycles. The van der Waals surface area contributed by atoms with Crippen LogP contribution in [-0.4, -0.2) is 14.0 Å². The zero-order valence-electron chi connectivity index (χ0n) is 13.4. The third-order valence-electron chi connectivity index (χ3n) is 4.54. The summed E-state index contributed by atoms with van der Waals surface area (Å²) in [6.45, 7) is 0. The highest BCUT2D eigenvalue weighted by Crippen LogP contribution is 2.34. The van der Waals surface area contributed by atoms with Gasteiger partial charge in [0.1, 0.15) is 0 Å². The Morgan fingerprint density at radius 2 is 1.46 bits per heavy atom. The average Bonchev–Trinajstić information content (AvgIpc) is 3.15. The lowest BCUT2D eigenvalue weighted by Gasteiger charge is -2.08. The maximum absolute atomic E-state index is 13.3. The summed E-state index contributed by atoms with van der Waals surface area (Å²) < 4.78 is 43.4. The van der Waals surface area contributed by atoms with E-state index in [0.717, 1.165) is 22.8 Å². The molecule has 26 heavy (non-hydrogen) atoms. The van der Waals surface area contributed by atoms with E-state index in [1.165, 1.54) is 12.1 Å². The molecule has 0 spiro atoms. The first kappa shape index (κ1) is 15.0. The van der Waals surface area contributed by atoms with Crippen LogP contribution in [0.2, 0.25) is 0 Å². The topological polar surface area (TPSA) is 22.2 Å². The van der Waals surface area contributed by atoms with Gasteiger partial charge in [-0.3, -0.25) is 8.97 Å². The summed E-state index contributed by atoms with van der Waals surface area (Å²) in [5, 5.41) is 0. The van der Waals surface area contributed by atoms with Crippen LogP contribution in [0.4, 0.5) is 13.2 Å². The third kappa shape index (κ3) is 2.05. The maximum Gasteiger partial charge on any atom is 0.416 e. The summed E-state index contributed by atoms with van der Waals surface area (Å²) in [5.41, 5.74) is 2.91. The normalized spacial score (nSPS) is 12.4. The van der Waals surface area contributed by atoms with Crippen molar-refractivity contribution in [3.8, 4) is 5.69 Å². The minimum absolute atomic E-state index is 0.472. The molecule has 6 heteroatoms. The average molecular weight is 351 g/mol. The molecule has 0 aliphatic heterocycles. The predicted molar refractivity (Wildman–Crippen MR) is 94.5 cm³/mol. The summed E-state index contributed by atoms with van der Waals surface area (Å²) >= 11 is 0. The summed E-state index contributed by atoms with van der Waals surface area (Å²) in [7, 11) is 0. The predicted octanol–water partition coefficient (Wildman–Crippen LogP) is 5.45. The van der Waals surface area contributed by atoms with Crippen LogP contribution in [0.5, 0.6) is 0 Å². The molecule has 0 fully saturated rings. The molecule has 2 heterocycles. The van der Waals surface area contributed by atoms with E-state index in [4.69, 9.17) is 0 Å². The molecule has 0 N–H and O–H groups in total. The van der Waals surface area contributed by atoms with E-state index in [9.17, 15) is 13.2 Å². The molecule has 0 atom stereocenters. The lowest BCUT2D eigenvalue weighted by molar-refractivity contribution is -0.137. The Morgan fingerprint density at radius 3 is 2.23 bits per heavy atom. The van der Waals surface area contributed by atoms with Crippen molar-refractivity contribution in [2.75, 3.05) is 0 Å². The molecule has 0 saturated heterocycles. The van der Waals surface area contributed by atoms with Gasteiger partial charge in [0.25, 0.3) is 0 Å². The Morgan fingerprint density at radius 1 is 0.731 bits per heavy atom. The molecule has 0 unspecified atom stereocenters. The van der Waals surface area contributed by atoms with Gasteiger partial charge in [-0.1, -0.05) is 30.3 Å². The number of benzene rings is 3. The van der Waals surface area contributed by atoms with Crippen LogP contribution < -0.4 is 0 Å². The third-order valence-corrected chi connectivity index (χ3v) is 4.54. The molecule has 3 aromatic carbocycles. The van der Waals surface area contributed by atoms with Gasteiger partial charge in [-0.2, -0.15) is 13.2 Å². The molecule has 2 aromatic heterocycles. The van der Waals surface area contributed by atoms with Crippen molar-refractivity contribution in [3.63, 3.8) is 0 Å². The second-order valence-electron chi connectivity index (χ2n) is 6.11. The van der Waals surface area contributed by atoms with Gasteiger partial charge in [0.15, 0.2) is 0 Å². The highest BCUT2D eigenvalue weighted by atomic mass is 19.4. The van der Waals surface area contributed by atoms with Crippen molar-refractivity contribution in [2.24, 2.45) is 0 Å². The van der Waals surface area contributed by atoms with Crippen LogP contribution in [0, 0.1) is 0 Å². The van der Waals surface area contributed by atoms with Crippen LogP contribution in [0.3, 0.4) is 0 Å². The van der Waals surface area contributed by atoms with Gasteiger partial charge in [0.05, 0.1) is 27.6 Å². The van der Waals surface area contributed by atoms with Crippen LogP contribution in [0.25, 0.3) is 33.5 Å². The fraction of sp³-hybridized carbons (Fsp3) is 0.0500. The van der Waals surface area contributed by atoms with Crippen molar-refractivity contribution >= 4 is 27.8 Å². The SMILES string of the molecule is FC(F)(F)c1ccc2c(c1)n(-c1ccccc1)c1nc3ccccc3n21. The Kier molecular flexibility index (Phi) is 2.95. The van der Waals surface area contributed by atoms with Crippen molar-refractivity contribution in [1.82, 2.24) is 14.0 Å². The zero-order valence-corrected chi connectivity index (χ0v) is 13.4. The Balaban J connectivity index is 1.99. The van der Waals surface area contributed by atoms with Gasteiger partial charge in [0.2, 0.25) is 5.78 Å². The molecule has 0 amide bonds. The van der Waals surface area contributed by atoms with E-state index in [1.807, 2.05) is 59.0 Å². The van der Waals surface area contributed by atoms with Crippen LogP contribution in [-0.2, 0) is 6.18 Å². The number of imidazole rings is 2. The lowest BCUT2D eigenvalue weighted by atomic mass is 10.2. The molecule has 128 valence electrons. The number of alkyl halides is 3. The van der Waals surface area contributed by atoms with E-state index >= 15 is 0 Å². The van der Waals surface area contributed by atoms with E-state index < -0.39 is 11.7 Å². The van der Waals surface area contributed by atoms with Crippen LogP contribution in [0.1, 0.15) is 5.56 Å². The number of fused-ring (bicyclic) bond motifs is 5. The largest absolute Gasteiger partial charge is 0.416 e. The van der Waals surface area contributed by atoms with Gasteiger partial charge in [0, 0.05) is 5.69 Å². The monoisotopic (exact) mass is 351 g/mol. The fourth-order valence-electron chi connectivity index (χ4n) is 3.41. The molecule has 3 nitrogen and oxygen atoms in total. The number of hydrogen-bond acceptors (Lipinski definition) is 1. The zero-order chi connectivity index (χ0) is 17.9. The first-order valence-electron chi connectivity index (χ1n) is 8.08. The summed E-state index contributed by atoms with van der Waals surface area (Å²) in [4.78, 5) is 4.67. The maximum atomic E-state index is 13.3. The molecule has 0 radical (unpaired) electrons. The molecule has 0 saturated carbocycles. The van der Waals surface area contributed by atoms with Gasteiger partial charge in [-0.05, 0) is 42.5 Å². The molecular weight excluding hydrogens is 339 g/mol. The Labute approximate surface area is 145 Å². The number of halogens is 3. The standard InChI is InChI=1S/C20H12F3N3/c21-20(22,23)13-10-11-17-18(12-13)25(14-6-2-1-3-7-14)19-24-15-8-4-5-9-16(15)26(17)19/h1-12H. The smallest absolute Gasteiger partial charge is 0.278 e. The van der Waals surface area contributed by atoms with E-state index in [-0.39, 0.29) is 0 Å². The minimum atomic E-state index is -4.40. The minimum Gasteiger partial charge on any atom is -0.278 e. The van der Waals surface area contributed by atoms with Gasteiger partial charge < -0.3 is 0 Å². The molecule has 0 bridgehead atoms. The second-order valence-corrected chi connectivity index (χ2v) is 6.11. The number of para-hydroxylation sites is 3. The van der Waals surface area contributed by atoms with E-state index in [0.29, 0.717) is 16.8 Å². The fourth-order valence-corrected chi connectivity index (χ4v) is 3.41. The van der Waals surface area contributed by atoms with Crippen molar-refractivity contribution in [3.05, 3.63) is 78.4 Å². The van der Waals surface area contributed by atoms with E-state index in [2.05, 4.69) is 4.98 Å².